The van der Waals surface area contributed by atoms with Crippen LogP contribution in [0.15, 0.2) is 84.9 Å². The maximum atomic E-state index is 14.8. The number of hydrogen-bond acceptors (Lipinski definition) is 4. The second-order valence-corrected chi connectivity index (χ2v) is 13.0. The largest absolute Gasteiger partial charge is 0.444 e. The Morgan fingerprint density at radius 1 is 0.795 bits per heavy atom. The summed E-state index contributed by atoms with van der Waals surface area (Å²) in [7, 11) is 0. The third-order valence-electron chi connectivity index (χ3n) is 7.39. The number of alkyl carbamates (subject to hydrolysis) is 1. The minimum Gasteiger partial charge on any atom is -0.444 e. The van der Waals surface area contributed by atoms with E-state index in [-0.39, 0.29) is 24.3 Å². The lowest BCUT2D eigenvalue weighted by Gasteiger charge is -2.39. The van der Waals surface area contributed by atoms with Crippen LogP contribution in [0.2, 0.25) is 0 Å². The number of aryl methyl sites for hydroxylation is 1. The van der Waals surface area contributed by atoms with Crippen molar-refractivity contribution in [3.63, 3.8) is 0 Å². The molecule has 0 aliphatic heterocycles. The van der Waals surface area contributed by atoms with Gasteiger partial charge in [0.25, 0.3) is 0 Å². The molecule has 7 heteroatoms. The Labute approximate surface area is 263 Å². The van der Waals surface area contributed by atoms with Crippen LogP contribution in [0, 0.1) is 12.8 Å². The van der Waals surface area contributed by atoms with Crippen molar-refractivity contribution in [3.8, 4) is 0 Å². The summed E-state index contributed by atoms with van der Waals surface area (Å²) in [4.78, 5) is 43.7. The fourth-order valence-corrected chi connectivity index (χ4v) is 5.06. The summed E-state index contributed by atoms with van der Waals surface area (Å²) in [6.45, 7) is 13.9. The van der Waals surface area contributed by atoms with E-state index in [1.54, 1.807) is 25.7 Å². The lowest BCUT2D eigenvalue weighted by Crippen LogP contribution is -2.56. The lowest BCUT2D eigenvalue weighted by atomic mass is 9.95. The van der Waals surface area contributed by atoms with Crippen LogP contribution in [0.5, 0.6) is 0 Å². The SMILES string of the molecule is Cc1ccc(C(C(=O)NCc2ccccc2)N(C(=O)C(Cc2ccccc2)NC(=O)OC(C)(C)C)C(C)CCC(C)C)cc1. The van der Waals surface area contributed by atoms with Gasteiger partial charge in [0.05, 0.1) is 0 Å². The third-order valence-corrected chi connectivity index (χ3v) is 7.39. The van der Waals surface area contributed by atoms with Crippen LogP contribution in [0.3, 0.4) is 0 Å². The number of benzene rings is 3. The summed E-state index contributed by atoms with van der Waals surface area (Å²) in [6, 6.07) is 24.8. The van der Waals surface area contributed by atoms with Gasteiger partial charge in [-0.1, -0.05) is 104 Å². The van der Waals surface area contributed by atoms with Gasteiger partial charge in [-0.15, -0.1) is 0 Å². The van der Waals surface area contributed by atoms with Crippen molar-refractivity contribution in [2.75, 3.05) is 0 Å². The van der Waals surface area contributed by atoms with E-state index >= 15 is 0 Å². The van der Waals surface area contributed by atoms with Crippen LogP contribution in [0.25, 0.3) is 0 Å². The highest BCUT2D eigenvalue weighted by molar-refractivity contribution is 5.92. The van der Waals surface area contributed by atoms with E-state index in [1.807, 2.05) is 98.8 Å². The smallest absolute Gasteiger partial charge is 0.408 e. The Bertz CT molecular complexity index is 1330. The average molecular weight is 600 g/mol. The third kappa shape index (κ3) is 10.9. The second kappa shape index (κ2) is 16.1. The van der Waals surface area contributed by atoms with Crippen molar-refractivity contribution in [2.24, 2.45) is 5.92 Å². The van der Waals surface area contributed by atoms with Crippen molar-refractivity contribution >= 4 is 17.9 Å². The van der Waals surface area contributed by atoms with Crippen molar-refractivity contribution in [2.45, 2.75) is 98.0 Å². The van der Waals surface area contributed by atoms with Crippen LogP contribution in [0.1, 0.15) is 82.7 Å². The molecule has 0 heterocycles. The fraction of sp³-hybridized carbons (Fsp3) is 0.432. The minimum absolute atomic E-state index is 0.249. The first kappa shape index (κ1) is 34.4. The molecule has 2 N–H and O–H groups in total. The van der Waals surface area contributed by atoms with E-state index in [9.17, 15) is 14.4 Å². The molecule has 3 aromatic rings. The van der Waals surface area contributed by atoms with E-state index < -0.39 is 23.8 Å². The van der Waals surface area contributed by atoms with E-state index in [1.165, 1.54) is 0 Å². The van der Waals surface area contributed by atoms with Gasteiger partial charge in [-0.2, -0.15) is 0 Å². The first-order valence-electron chi connectivity index (χ1n) is 15.6. The Hall–Kier alpha value is -4.13. The lowest BCUT2D eigenvalue weighted by molar-refractivity contribution is -0.145. The molecule has 3 aromatic carbocycles. The summed E-state index contributed by atoms with van der Waals surface area (Å²) in [6.07, 6.45) is 1.14. The summed E-state index contributed by atoms with van der Waals surface area (Å²) >= 11 is 0. The molecule has 0 spiro atoms. The van der Waals surface area contributed by atoms with Gasteiger partial charge in [-0.05, 0) is 70.1 Å². The summed E-state index contributed by atoms with van der Waals surface area (Å²) in [5, 5.41) is 5.93. The van der Waals surface area contributed by atoms with Crippen LogP contribution < -0.4 is 10.6 Å². The summed E-state index contributed by atoms with van der Waals surface area (Å²) < 4.78 is 5.57. The van der Waals surface area contributed by atoms with Crippen LogP contribution in [-0.2, 0) is 27.3 Å². The van der Waals surface area contributed by atoms with Crippen molar-refractivity contribution in [3.05, 3.63) is 107 Å². The zero-order chi connectivity index (χ0) is 32.3. The number of carbonyl (C=O) groups excluding carboxylic acids is 3. The molecule has 0 saturated heterocycles. The molecule has 0 saturated carbocycles. The molecule has 0 fully saturated rings. The topological polar surface area (TPSA) is 87.7 Å². The van der Waals surface area contributed by atoms with Crippen LogP contribution >= 0.6 is 0 Å². The van der Waals surface area contributed by atoms with E-state index in [2.05, 4.69) is 24.5 Å². The van der Waals surface area contributed by atoms with E-state index in [0.29, 0.717) is 24.4 Å². The average Bonchev–Trinajstić information content (AvgIpc) is 2.97. The van der Waals surface area contributed by atoms with Crippen molar-refractivity contribution < 1.29 is 19.1 Å². The molecule has 3 rings (SSSR count). The molecule has 0 aliphatic rings. The van der Waals surface area contributed by atoms with E-state index in [4.69, 9.17) is 4.74 Å². The maximum Gasteiger partial charge on any atom is 0.408 e. The standard InChI is InChI=1S/C37H49N3O4/c1-26(2)18-21-28(4)40(35(42)32(24-29-14-10-8-11-15-29)39-36(43)44-37(5,6)7)33(31-22-19-27(3)20-23-31)34(41)38-25-30-16-12-9-13-17-30/h8-17,19-20,22-23,26,28,32-33H,18,21,24-25H2,1-7H3,(H,38,41)(H,39,43). The highest BCUT2D eigenvalue weighted by atomic mass is 16.6. The minimum atomic E-state index is -0.955. The first-order chi connectivity index (χ1) is 20.8. The number of nitrogens with zero attached hydrogens (tertiary/aromatic N) is 1. The Morgan fingerprint density at radius 2 is 1.36 bits per heavy atom. The van der Waals surface area contributed by atoms with E-state index in [0.717, 1.165) is 23.1 Å². The number of amides is 3. The van der Waals surface area contributed by atoms with Gasteiger partial charge in [-0.25, -0.2) is 4.79 Å². The quantitative estimate of drug-likeness (QED) is 0.219. The van der Waals surface area contributed by atoms with Gasteiger partial charge in [0.2, 0.25) is 11.8 Å². The van der Waals surface area contributed by atoms with Gasteiger partial charge in [-0.3, -0.25) is 9.59 Å². The number of hydrogen-bond donors (Lipinski definition) is 2. The van der Waals surface area contributed by atoms with Crippen molar-refractivity contribution in [1.82, 2.24) is 15.5 Å². The van der Waals surface area contributed by atoms with Gasteiger partial charge in [0, 0.05) is 19.0 Å². The molecular formula is C37H49N3O4. The molecule has 0 aliphatic carbocycles. The highest BCUT2D eigenvalue weighted by Crippen LogP contribution is 2.28. The normalized spacial score (nSPS) is 13.5. The molecule has 0 radical (unpaired) electrons. The number of ether oxygens (including phenoxy) is 1. The molecule has 44 heavy (non-hydrogen) atoms. The van der Waals surface area contributed by atoms with Gasteiger partial charge in [0.1, 0.15) is 17.7 Å². The molecule has 7 nitrogen and oxygen atoms in total. The predicted molar refractivity (Wildman–Crippen MR) is 176 cm³/mol. The van der Waals surface area contributed by atoms with Crippen LogP contribution in [-0.4, -0.2) is 40.5 Å². The van der Waals surface area contributed by atoms with Gasteiger partial charge in [0.15, 0.2) is 0 Å². The molecule has 3 atom stereocenters. The molecule has 3 amide bonds. The zero-order valence-electron chi connectivity index (χ0n) is 27.3. The number of carbonyl (C=O) groups is 3. The number of nitrogens with one attached hydrogen (secondary N) is 2. The first-order valence-corrected chi connectivity index (χ1v) is 15.6. The van der Waals surface area contributed by atoms with Crippen molar-refractivity contribution in [1.29, 1.82) is 0 Å². The second-order valence-electron chi connectivity index (χ2n) is 13.0. The van der Waals surface area contributed by atoms with Gasteiger partial charge >= 0.3 is 6.09 Å². The molecule has 236 valence electrons. The Morgan fingerprint density at radius 3 is 1.91 bits per heavy atom. The fourth-order valence-electron chi connectivity index (χ4n) is 5.06. The maximum absolute atomic E-state index is 14.8. The molecule has 3 unspecified atom stereocenters. The Balaban J connectivity index is 2.07. The van der Waals surface area contributed by atoms with Gasteiger partial charge < -0.3 is 20.3 Å². The number of rotatable bonds is 13. The summed E-state index contributed by atoms with van der Waals surface area (Å²) in [5.41, 5.74) is 2.87. The summed E-state index contributed by atoms with van der Waals surface area (Å²) in [5.74, 6) is -0.200. The monoisotopic (exact) mass is 599 g/mol. The molecular weight excluding hydrogens is 550 g/mol. The Kier molecular flexibility index (Phi) is 12.6. The molecule has 0 aromatic heterocycles. The zero-order valence-corrected chi connectivity index (χ0v) is 27.3. The predicted octanol–water partition coefficient (Wildman–Crippen LogP) is 7.14. The molecule has 0 bridgehead atoms. The highest BCUT2D eigenvalue weighted by Gasteiger charge is 2.39. The van der Waals surface area contributed by atoms with Crippen LogP contribution in [0.4, 0.5) is 4.79 Å².